The lowest BCUT2D eigenvalue weighted by atomic mass is 10.1. The predicted octanol–water partition coefficient (Wildman–Crippen LogP) is 1.38. The standard InChI is InChI=1S/C13H24N2O/c1-2-11(6-9-16-8-1)14-12-5-7-15(10-12)13-3-4-13/h11-14H,1-10H2. The molecule has 3 heteroatoms. The normalized spacial score (nSPS) is 37.5. The minimum Gasteiger partial charge on any atom is -0.381 e. The molecule has 0 spiro atoms. The van der Waals surface area contributed by atoms with Crippen LogP contribution in [0.4, 0.5) is 0 Å². The molecule has 2 saturated heterocycles. The molecule has 0 aromatic rings. The first kappa shape index (κ1) is 11.0. The lowest BCUT2D eigenvalue weighted by molar-refractivity contribution is 0.142. The molecule has 2 aliphatic heterocycles. The largest absolute Gasteiger partial charge is 0.381 e. The summed E-state index contributed by atoms with van der Waals surface area (Å²) in [6, 6.07) is 2.42. The Bertz CT molecular complexity index is 222. The maximum atomic E-state index is 5.51. The molecule has 3 fully saturated rings. The van der Waals surface area contributed by atoms with Crippen LogP contribution in [0.15, 0.2) is 0 Å². The molecular formula is C13H24N2O. The van der Waals surface area contributed by atoms with Crippen molar-refractivity contribution in [3.8, 4) is 0 Å². The van der Waals surface area contributed by atoms with Gasteiger partial charge in [-0.25, -0.2) is 0 Å². The van der Waals surface area contributed by atoms with Gasteiger partial charge in [0.1, 0.15) is 0 Å². The van der Waals surface area contributed by atoms with Crippen LogP contribution in [0.5, 0.6) is 0 Å². The number of nitrogens with zero attached hydrogens (tertiary/aromatic N) is 1. The summed E-state index contributed by atoms with van der Waals surface area (Å²) in [5.74, 6) is 0. The topological polar surface area (TPSA) is 24.5 Å². The van der Waals surface area contributed by atoms with Crippen LogP contribution in [0.2, 0.25) is 0 Å². The minimum absolute atomic E-state index is 0.714. The van der Waals surface area contributed by atoms with Gasteiger partial charge in [0.25, 0.3) is 0 Å². The van der Waals surface area contributed by atoms with Gasteiger partial charge in [-0.3, -0.25) is 4.90 Å². The van der Waals surface area contributed by atoms with Gasteiger partial charge in [-0.1, -0.05) is 0 Å². The van der Waals surface area contributed by atoms with Crippen LogP contribution in [0.25, 0.3) is 0 Å². The molecule has 3 nitrogen and oxygen atoms in total. The van der Waals surface area contributed by atoms with E-state index in [2.05, 4.69) is 10.2 Å². The van der Waals surface area contributed by atoms with Crippen molar-refractivity contribution in [2.45, 2.75) is 56.7 Å². The highest BCUT2D eigenvalue weighted by molar-refractivity contribution is 4.92. The van der Waals surface area contributed by atoms with Crippen LogP contribution in [0, 0.1) is 0 Å². The first-order valence-corrected chi connectivity index (χ1v) is 6.99. The van der Waals surface area contributed by atoms with Gasteiger partial charge in [-0.05, 0) is 38.5 Å². The van der Waals surface area contributed by atoms with Crippen molar-refractivity contribution in [3.63, 3.8) is 0 Å². The molecule has 0 aromatic carbocycles. The lowest BCUT2D eigenvalue weighted by Crippen LogP contribution is -2.40. The van der Waals surface area contributed by atoms with Gasteiger partial charge < -0.3 is 10.1 Å². The number of nitrogens with one attached hydrogen (secondary N) is 1. The molecule has 2 atom stereocenters. The highest BCUT2D eigenvalue weighted by Crippen LogP contribution is 2.30. The van der Waals surface area contributed by atoms with Crippen LogP contribution >= 0.6 is 0 Å². The fourth-order valence-electron chi connectivity index (χ4n) is 3.10. The van der Waals surface area contributed by atoms with Crippen molar-refractivity contribution < 1.29 is 4.74 Å². The highest BCUT2D eigenvalue weighted by Gasteiger charge is 2.34. The molecule has 1 aliphatic carbocycles. The second-order valence-electron chi connectivity index (χ2n) is 5.62. The van der Waals surface area contributed by atoms with E-state index in [-0.39, 0.29) is 0 Å². The Kier molecular flexibility index (Phi) is 3.46. The maximum absolute atomic E-state index is 5.51. The summed E-state index contributed by atoms with van der Waals surface area (Å²) in [5, 5.41) is 3.85. The molecule has 3 rings (SSSR count). The second-order valence-corrected chi connectivity index (χ2v) is 5.62. The van der Waals surface area contributed by atoms with Crippen LogP contribution in [0.1, 0.15) is 38.5 Å². The van der Waals surface area contributed by atoms with E-state index in [9.17, 15) is 0 Å². The Morgan fingerprint density at radius 1 is 0.938 bits per heavy atom. The Morgan fingerprint density at radius 2 is 1.88 bits per heavy atom. The van der Waals surface area contributed by atoms with Crippen LogP contribution in [0.3, 0.4) is 0 Å². The summed E-state index contributed by atoms with van der Waals surface area (Å²) in [5.41, 5.74) is 0. The zero-order valence-corrected chi connectivity index (χ0v) is 10.2. The van der Waals surface area contributed by atoms with E-state index in [4.69, 9.17) is 4.74 Å². The molecule has 16 heavy (non-hydrogen) atoms. The fourth-order valence-corrected chi connectivity index (χ4v) is 3.10. The van der Waals surface area contributed by atoms with Gasteiger partial charge in [0, 0.05) is 44.4 Å². The van der Waals surface area contributed by atoms with E-state index >= 15 is 0 Å². The quantitative estimate of drug-likeness (QED) is 0.784. The molecule has 0 radical (unpaired) electrons. The zero-order valence-electron chi connectivity index (χ0n) is 10.2. The average molecular weight is 224 g/mol. The Hall–Kier alpha value is -0.120. The molecule has 0 amide bonds. The SMILES string of the molecule is C1COCCC(NC2CCN(C3CC3)C2)C1. The van der Waals surface area contributed by atoms with Crippen molar-refractivity contribution in [3.05, 3.63) is 0 Å². The molecule has 2 unspecified atom stereocenters. The smallest absolute Gasteiger partial charge is 0.0480 e. The summed E-state index contributed by atoms with van der Waals surface area (Å²) >= 11 is 0. The van der Waals surface area contributed by atoms with E-state index in [1.807, 2.05) is 0 Å². The molecule has 0 aromatic heterocycles. The van der Waals surface area contributed by atoms with Crippen molar-refractivity contribution >= 4 is 0 Å². The third-order valence-electron chi connectivity index (χ3n) is 4.21. The summed E-state index contributed by atoms with van der Waals surface area (Å²) in [4.78, 5) is 2.69. The van der Waals surface area contributed by atoms with Gasteiger partial charge in [0.05, 0.1) is 0 Å². The second kappa shape index (κ2) is 5.03. The minimum atomic E-state index is 0.714. The fraction of sp³-hybridized carbons (Fsp3) is 1.00. The van der Waals surface area contributed by atoms with Gasteiger partial charge >= 0.3 is 0 Å². The number of hydrogen-bond donors (Lipinski definition) is 1. The van der Waals surface area contributed by atoms with Gasteiger partial charge in [0.15, 0.2) is 0 Å². The Morgan fingerprint density at radius 3 is 2.75 bits per heavy atom. The predicted molar refractivity (Wildman–Crippen MR) is 64.6 cm³/mol. The van der Waals surface area contributed by atoms with Gasteiger partial charge in [-0.15, -0.1) is 0 Å². The van der Waals surface area contributed by atoms with Crippen LogP contribution in [-0.4, -0.2) is 49.3 Å². The molecule has 1 saturated carbocycles. The summed E-state index contributed by atoms with van der Waals surface area (Å²) in [7, 11) is 0. The van der Waals surface area contributed by atoms with Crippen molar-refractivity contribution in [2.75, 3.05) is 26.3 Å². The van der Waals surface area contributed by atoms with Crippen molar-refractivity contribution in [1.82, 2.24) is 10.2 Å². The lowest BCUT2D eigenvalue weighted by Gasteiger charge is -2.21. The first-order chi connectivity index (χ1) is 7.92. The monoisotopic (exact) mass is 224 g/mol. The summed E-state index contributed by atoms with van der Waals surface area (Å²) in [6.45, 7) is 4.54. The third-order valence-corrected chi connectivity index (χ3v) is 4.21. The first-order valence-electron chi connectivity index (χ1n) is 6.99. The Balaban J connectivity index is 1.43. The molecule has 0 bridgehead atoms. The van der Waals surface area contributed by atoms with E-state index in [1.54, 1.807) is 0 Å². The van der Waals surface area contributed by atoms with Crippen LogP contribution < -0.4 is 5.32 Å². The van der Waals surface area contributed by atoms with Crippen molar-refractivity contribution in [1.29, 1.82) is 0 Å². The molecule has 2 heterocycles. The number of likely N-dealkylation sites (tertiary alicyclic amines) is 1. The van der Waals surface area contributed by atoms with E-state index in [0.29, 0.717) is 6.04 Å². The third kappa shape index (κ3) is 2.76. The zero-order chi connectivity index (χ0) is 10.8. The number of hydrogen-bond acceptors (Lipinski definition) is 3. The van der Waals surface area contributed by atoms with Gasteiger partial charge in [0.2, 0.25) is 0 Å². The summed E-state index contributed by atoms with van der Waals surface area (Å²) in [6.07, 6.45) is 8.00. The van der Waals surface area contributed by atoms with Crippen molar-refractivity contribution in [2.24, 2.45) is 0 Å². The van der Waals surface area contributed by atoms with E-state index in [0.717, 1.165) is 25.3 Å². The van der Waals surface area contributed by atoms with Gasteiger partial charge in [-0.2, -0.15) is 0 Å². The van der Waals surface area contributed by atoms with E-state index < -0.39 is 0 Å². The summed E-state index contributed by atoms with van der Waals surface area (Å²) < 4.78 is 5.51. The number of ether oxygens (including phenoxy) is 1. The van der Waals surface area contributed by atoms with E-state index in [1.165, 1.54) is 51.6 Å². The number of rotatable bonds is 3. The molecular weight excluding hydrogens is 200 g/mol. The average Bonchev–Trinajstić information content (AvgIpc) is 3.07. The molecule has 1 N–H and O–H groups in total. The maximum Gasteiger partial charge on any atom is 0.0480 e. The van der Waals surface area contributed by atoms with Crippen LogP contribution in [-0.2, 0) is 4.74 Å². The molecule has 92 valence electrons. The highest BCUT2D eigenvalue weighted by atomic mass is 16.5. The Labute approximate surface area is 98.5 Å². The molecule has 3 aliphatic rings.